The van der Waals surface area contributed by atoms with Crippen LogP contribution in [0.2, 0.25) is 0 Å². The van der Waals surface area contributed by atoms with Crippen LogP contribution in [0.1, 0.15) is 70.8 Å². The molecule has 1 aromatic heterocycles. The fourth-order valence-corrected chi connectivity index (χ4v) is 6.27. The summed E-state index contributed by atoms with van der Waals surface area (Å²) in [5.74, 6) is 0.727. The quantitative estimate of drug-likeness (QED) is 0.320. The zero-order chi connectivity index (χ0) is 28.3. The van der Waals surface area contributed by atoms with E-state index in [-0.39, 0.29) is 17.9 Å². The Bertz CT molecular complexity index is 1340. The molecule has 8 nitrogen and oxygen atoms in total. The first-order valence-electron chi connectivity index (χ1n) is 14.3. The summed E-state index contributed by atoms with van der Waals surface area (Å²) in [5.41, 5.74) is 9.75. The number of hydrogen-bond acceptors (Lipinski definition) is 6. The predicted molar refractivity (Wildman–Crippen MR) is 156 cm³/mol. The van der Waals surface area contributed by atoms with Gasteiger partial charge in [-0.1, -0.05) is 61.5 Å². The maximum Gasteiger partial charge on any atom is 0.225 e. The molecule has 0 unspecified atom stereocenters. The Labute approximate surface area is 235 Å². The van der Waals surface area contributed by atoms with Crippen molar-refractivity contribution >= 4 is 17.6 Å². The summed E-state index contributed by atoms with van der Waals surface area (Å²) in [6.45, 7) is 3.67. The van der Waals surface area contributed by atoms with Crippen molar-refractivity contribution in [3.8, 4) is 22.4 Å². The summed E-state index contributed by atoms with van der Waals surface area (Å²) in [6, 6.07) is 20.0. The second kappa shape index (κ2) is 11.5. The maximum absolute atomic E-state index is 12.9. The van der Waals surface area contributed by atoms with Crippen molar-refractivity contribution in [3.63, 3.8) is 0 Å². The van der Waals surface area contributed by atoms with E-state index in [4.69, 9.17) is 5.73 Å². The number of amides is 2. The first-order chi connectivity index (χ1) is 19.1. The van der Waals surface area contributed by atoms with E-state index in [0.29, 0.717) is 37.4 Å². The van der Waals surface area contributed by atoms with Gasteiger partial charge in [0.1, 0.15) is 5.69 Å². The van der Waals surface area contributed by atoms with Crippen molar-refractivity contribution in [3.05, 3.63) is 66.2 Å². The number of aliphatic hydroxyl groups is 1. The molecule has 2 aliphatic carbocycles. The molecule has 40 heavy (non-hydrogen) atoms. The lowest BCUT2D eigenvalue weighted by Crippen LogP contribution is -2.58. The maximum atomic E-state index is 12.9. The topological polar surface area (TPSA) is 130 Å². The summed E-state index contributed by atoms with van der Waals surface area (Å²) in [4.78, 5) is 24.6. The van der Waals surface area contributed by atoms with E-state index in [0.717, 1.165) is 53.6 Å². The van der Waals surface area contributed by atoms with Gasteiger partial charge in [0.15, 0.2) is 5.82 Å². The Balaban J connectivity index is 1.29. The number of nitrogens with one attached hydrogen (secondary N) is 2. The Morgan fingerprint density at radius 3 is 2.25 bits per heavy atom. The van der Waals surface area contributed by atoms with Crippen molar-refractivity contribution < 1.29 is 14.7 Å². The van der Waals surface area contributed by atoms with Crippen LogP contribution in [0.5, 0.6) is 0 Å². The molecule has 8 heteroatoms. The Hall–Kier alpha value is -3.62. The fourth-order valence-electron chi connectivity index (χ4n) is 6.27. The van der Waals surface area contributed by atoms with E-state index in [1.54, 1.807) is 0 Å². The molecule has 0 spiro atoms. The molecule has 0 atom stereocenters. The summed E-state index contributed by atoms with van der Waals surface area (Å²) >= 11 is 0. The van der Waals surface area contributed by atoms with Crippen molar-refractivity contribution in [2.75, 3.05) is 5.32 Å². The average molecular weight is 542 g/mol. The molecule has 210 valence electrons. The number of carbonyl (C=O) groups excluding carboxylic acids is 2. The van der Waals surface area contributed by atoms with Crippen molar-refractivity contribution in [1.29, 1.82) is 0 Å². The third-order valence-electron chi connectivity index (χ3n) is 8.28. The van der Waals surface area contributed by atoms with Gasteiger partial charge in [0.05, 0.1) is 5.60 Å². The van der Waals surface area contributed by atoms with Crippen LogP contribution in [0.4, 0.5) is 5.82 Å². The molecule has 2 amide bonds. The molecule has 5 rings (SSSR count). The lowest BCUT2D eigenvalue weighted by Gasteiger charge is -2.49. The highest BCUT2D eigenvalue weighted by atomic mass is 16.3. The summed E-state index contributed by atoms with van der Waals surface area (Å²) in [5, 5.41) is 25.1. The Morgan fingerprint density at radius 2 is 1.62 bits per heavy atom. The second-order valence-corrected chi connectivity index (χ2v) is 11.8. The van der Waals surface area contributed by atoms with E-state index in [2.05, 4.69) is 20.8 Å². The largest absolute Gasteiger partial charge is 0.390 e. The van der Waals surface area contributed by atoms with Crippen molar-refractivity contribution in [2.45, 2.75) is 82.4 Å². The Kier molecular flexibility index (Phi) is 8.01. The molecule has 0 radical (unpaired) electrons. The van der Waals surface area contributed by atoms with Gasteiger partial charge in [-0.15, -0.1) is 10.2 Å². The van der Waals surface area contributed by atoms with Gasteiger partial charge in [-0.25, -0.2) is 0 Å². The number of aromatic nitrogens is 2. The molecule has 2 saturated carbocycles. The van der Waals surface area contributed by atoms with Gasteiger partial charge in [0, 0.05) is 35.5 Å². The average Bonchev–Trinajstić information content (AvgIpc) is 2.93. The molecular weight excluding hydrogens is 502 g/mol. The van der Waals surface area contributed by atoms with Gasteiger partial charge in [-0.2, -0.15) is 0 Å². The molecule has 1 heterocycles. The first kappa shape index (κ1) is 27.9. The molecule has 0 bridgehead atoms. The number of anilines is 1. The number of nitrogens with two attached hydrogens (primary N) is 1. The molecule has 3 aromatic rings. The number of benzene rings is 2. The van der Waals surface area contributed by atoms with Gasteiger partial charge in [-0.3, -0.25) is 9.59 Å². The van der Waals surface area contributed by atoms with Crippen LogP contribution in [-0.4, -0.2) is 38.8 Å². The predicted octanol–water partition coefficient (Wildman–Crippen LogP) is 4.92. The lowest BCUT2D eigenvalue weighted by molar-refractivity contribution is -0.122. The number of hydrogen-bond donors (Lipinski definition) is 4. The van der Waals surface area contributed by atoms with Crippen molar-refractivity contribution in [1.82, 2.24) is 15.5 Å². The van der Waals surface area contributed by atoms with Gasteiger partial charge < -0.3 is 21.5 Å². The van der Waals surface area contributed by atoms with E-state index in [1.165, 1.54) is 0 Å². The normalized spacial score (nSPS) is 26.0. The molecule has 2 aromatic carbocycles. The zero-order valence-electron chi connectivity index (χ0n) is 23.3. The first-order valence-corrected chi connectivity index (χ1v) is 14.3. The van der Waals surface area contributed by atoms with Gasteiger partial charge in [0.2, 0.25) is 11.8 Å². The number of nitrogens with zero attached hydrogens (tertiary/aromatic N) is 2. The molecule has 0 aliphatic heterocycles. The van der Waals surface area contributed by atoms with Crippen LogP contribution in [-0.2, 0) is 15.1 Å². The zero-order valence-corrected chi connectivity index (χ0v) is 23.3. The van der Waals surface area contributed by atoms with E-state index < -0.39 is 11.1 Å². The highest BCUT2D eigenvalue weighted by molar-refractivity contribution is 5.91. The van der Waals surface area contributed by atoms with Crippen LogP contribution < -0.4 is 16.4 Å². The van der Waals surface area contributed by atoms with E-state index in [9.17, 15) is 14.7 Å². The van der Waals surface area contributed by atoms with Crippen LogP contribution in [0, 0.1) is 5.92 Å². The molecule has 2 fully saturated rings. The standard InChI is InChI=1S/C32H39N5O3/c1-3-28(38)34-25-15-9-21(10-16-25)17-29(39)35-27-18-26(22-7-5-4-6-8-22)30(37-36-27)23-11-13-24(14-12-23)32(33)19-31(2,40)20-32/h4-8,11-14,18,21,25,40H,3,9-10,15-17,19-20,33H2,1-2H3,(H,34,38)(H,35,36,39). The smallest absolute Gasteiger partial charge is 0.225 e. The van der Waals surface area contributed by atoms with E-state index in [1.807, 2.05) is 74.5 Å². The fraction of sp³-hybridized carbons (Fsp3) is 0.438. The van der Waals surface area contributed by atoms with Crippen LogP contribution in [0.3, 0.4) is 0 Å². The van der Waals surface area contributed by atoms with Crippen LogP contribution in [0.15, 0.2) is 60.7 Å². The lowest BCUT2D eigenvalue weighted by atomic mass is 9.63. The third kappa shape index (κ3) is 6.40. The van der Waals surface area contributed by atoms with E-state index >= 15 is 0 Å². The number of rotatable bonds is 8. The highest BCUT2D eigenvalue weighted by Crippen LogP contribution is 2.46. The SMILES string of the molecule is CCC(=O)NC1CCC(CC(=O)Nc2cc(-c3ccccc3)c(-c3ccc(C4(N)CC(C)(O)C4)cc3)nn2)CC1. The summed E-state index contributed by atoms with van der Waals surface area (Å²) in [7, 11) is 0. The van der Waals surface area contributed by atoms with Crippen LogP contribution >= 0.6 is 0 Å². The Morgan fingerprint density at radius 1 is 0.950 bits per heavy atom. The summed E-state index contributed by atoms with van der Waals surface area (Å²) in [6.07, 6.45) is 5.61. The number of carbonyl (C=O) groups is 2. The van der Waals surface area contributed by atoms with Crippen molar-refractivity contribution in [2.24, 2.45) is 11.7 Å². The third-order valence-corrected chi connectivity index (χ3v) is 8.28. The van der Waals surface area contributed by atoms with Crippen LogP contribution in [0.25, 0.3) is 22.4 Å². The molecule has 2 aliphatic rings. The molecule has 0 saturated heterocycles. The minimum absolute atomic E-state index is 0.0731. The molecule has 5 N–H and O–H groups in total. The highest BCUT2D eigenvalue weighted by Gasteiger charge is 2.49. The summed E-state index contributed by atoms with van der Waals surface area (Å²) < 4.78 is 0. The minimum Gasteiger partial charge on any atom is -0.390 e. The van der Waals surface area contributed by atoms with Gasteiger partial charge in [-0.05, 0) is 68.6 Å². The second-order valence-electron chi connectivity index (χ2n) is 11.8. The van der Waals surface area contributed by atoms with Gasteiger partial charge >= 0.3 is 0 Å². The minimum atomic E-state index is -0.717. The van der Waals surface area contributed by atoms with Gasteiger partial charge in [0.25, 0.3) is 0 Å². The monoisotopic (exact) mass is 541 g/mol. The molecular formula is C32H39N5O3.